The number of para-hydroxylation sites is 2. The Balaban J connectivity index is 1.10. The van der Waals surface area contributed by atoms with Crippen molar-refractivity contribution in [3.63, 3.8) is 0 Å². The van der Waals surface area contributed by atoms with E-state index in [0.29, 0.717) is 22.3 Å². The Hall–Kier alpha value is -6.77. The lowest BCUT2D eigenvalue weighted by Crippen LogP contribution is -2.14. The van der Waals surface area contributed by atoms with Gasteiger partial charge in [0.15, 0.2) is 0 Å². The molecule has 0 spiro atoms. The van der Waals surface area contributed by atoms with Gasteiger partial charge < -0.3 is 0 Å². The van der Waals surface area contributed by atoms with E-state index in [1.165, 1.54) is 0 Å². The van der Waals surface area contributed by atoms with Crippen LogP contribution in [0.3, 0.4) is 0 Å². The number of rotatable bonds is 4. The van der Waals surface area contributed by atoms with E-state index in [9.17, 15) is 0 Å². The Labute approximate surface area is 323 Å². The molecule has 0 aliphatic heterocycles. The Bertz CT molecular complexity index is 3280. The maximum Gasteiger partial charge on any atom is 0.145 e. The number of benzene rings is 9. The van der Waals surface area contributed by atoms with Gasteiger partial charge in [-0.1, -0.05) is 171 Å². The van der Waals surface area contributed by atoms with E-state index in [-0.39, 0.29) is 0 Å². The van der Waals surface area contributed by atoms with Gasteiger partial charge in [-0.2, -0.15) is 0 Å². The van der Waals surface area contributed by atoms with Crippen LogP contribution in [-0.4, -0.2) is 9.55 Å². The predicted octanol–water partition coefficient (Wildman–Crippen LogP) is 13.8. The summed E-state index contributed by atoms with van der Waals surface area (Å²) in [6.07, 6.45) is 0. The minimum absolute atomic E-state index is 0.309. The van der Waals surface area contributed by atoms with Gasteiger partial charge in [-0.15, -0.1) is 0 Å². The first-order valence-electron chi connectivity index (χ1n) is 21.3. The fraction of sp³-hybridized carbons (Fsp3) is 0.0577. The van der Waals surface area contributed by atoms with E-state index in [0.717, 1.165) is 82.7 Å². The van der Waals surface area contributed by atoms with Crippen LogP contribution >= 0.6 is 0 Å². The van der Waals surface area contributed by atoms with E-state index in [2.05, 4.69) is 114 Å². The van der Waals surface area contributed by atoms with Crippen molar-refractivity contribution in [1.29, 1.82) is 0 Å². The largest absolute Gasteiger partial charge is 0.292 e. The van der Waals surface area contributed by atoms with Gasteiger partial charge in [-0.25, -0.2) is 4.98 Å². The summed E-state index contributed by atoms with van der Waals surface area (Å²) < 4.78 is 55.1. The van der Waals surface area contributed by atoms with Gasteiger partial charge in [0.05, 0.1) is 16.7 Å². The molecule has 11 rings (SSSR count). The van der Waals surface area contributed by atoms with Gasteiger partial charge in [0.25, 0.3) is 0 Å². The second-order valence-corrected chi connectivity index (χ2v) is 14.2. The summed E-state index contributed by atoms with van der Waals surface area (Å²) in [6.45, 7) is -5.70. The topological polar surface area (TPSA) is 17.8 Å². The molecule has 0 saturated heterocycles. The lowest BCUT2D eigenvalue weighted by atomic mass is 9.80. The zero-order valence-corrected chi connectivity index (χ0v) is 29.2. The van der Waals surface area contributed by atoms with Crippen LogP contribution in [0.4, 0.5) is 0 Å². The molecule has 1 heterocycles. The lowest BCUT2D eigenvalue weighted by molar-refractivity contribution is 0.660. The van der Waals surface area contributed by atoms with Gasteiger partial charge in [-0.05, 0) is 95.7 Å². The molecule has 1 aliphatic carbocycles. The average Bonchev–Trinajstić information content (AvgIpc) is 3.80. The summed E-state index contributed by atoms with van der Waals surface area (Å²) in [5, 5.41) is 6.34. The molecular weight excluding hydrogens is 653 g/mol. The normalized spacial score (nSPS) is 15.3. The summed E-state index contributed by atoms with van der Waals surface area (Å²) in [5.41, 5.74) is 7.53. The SMILES string of the molecule is [2H]C([2H])([2H])C1(C([2H])([2H])[2H])c2ccccc2-c2ccc(-c3c4ccccc4c(-c4ccc(-c5nc6ccccc6n5-c5cccc6ccccc56)cc4)c4ccccc34)cc21. The van der Waals surface area contributed by atoms with Crippen LogP contribution in [0, 0.1) is 0 Å². The predicted molar refractivity (Wildman–Crippen MR) is 227 cm³/mol. The smallest absolute Gasteiger partial charge is 0.145 e. The molecule has 0 amide bonds. The highest BCUT2D eigenvalue weighted by molar-refractivity contribution is 6.21. The summed E-state index contributed by atoms with van der Waals surface area (Å²) in [7, 11) is 0. The number of fused-ring (bicyclic) bond motifs is 7. The van der Waals surface area contributed by atoms with Crippen molar-refractivity contribution < 1.29 is 8.22 Å². The number of aromatic nitrogens is 2. The van der Waals surface area contributed by atoms with Crippen LogP contribution in [0.1, 0.15) is 33.1 Å². The number of nitrogens with zero attached hydrogens (tertiary/aromatic N) is 2. The van der Waals surface area contributed by atoms with E-state index < -0.39 is 19.1 Å². The first-order chi connectivity index (χ1) is 29.1. The molecule has 2 heteroatoms. The highest BCUT2D eigenvalue weighted by Gasteiger charge is 2.35. The molecule has 0 saturated carbocycles. The molecule has 9 aromatic carbocycles. The average molecular weight is 695 g/mol. The first kappa shape index (κ1) is 25.2. The van der Waals surface area contributed by atoms with Gasteiger partial charge in [0.2, 0.25) is 0 Å². The summed E-state index contributed by atoms with van der Waals surface area (Å²) in [6, 6.07) is 61.1. The molecule has 1 aromatic heterocycles. The Morgan fingerprint density at radius 3 is 1.76 bits per heavy atom. The van der Waals surface area contributed by atoms with Crippen LogP contribution in [0.25, 0.3) is 93.8 Å². The second-order valence-electron chi connectivity index (χ2n) is 14.2. The fourth-order valence-corrected chi connectivity index (χ4v) is 8.84. The molecule has 0 bridgehead atoms. The van der Waals surface area contributed by atoms with Crippen molar-refractivity contribution in [2.24, 2.45) is 0 Å². The van der Waals surface area contributed by atoms with Crippen LogP contribution in [0.2, 0.25) is 0 Å². The Morgan fingerprint density at radius 1 is 0.463 bits per heavy atom. The highest BCUT2D eigenvalue weighted by atomic mass is 15.1. The molecule has 1 aliphatic rings. The molecule has 2 nitrogen and oxygen atoms in total. The third kappa shape index (κ3) is 4.44. The van der Waals surface area contributed by atoms with Crippen molar-refractivity contribution in [2.45, 2.75) is 19.1 Å². The van der Waals surface area contributed by atoms with E-state index in [1.54, 1.807) is 12.1 Å². The standard InChI is InChI=1S/C52H36N2/c1-52(2)44-22-10-9-17-38(44)39-31-30-36(32-45(39)52)50-42-20-7-5-18-40(42)49(41-19-6-8-21-43(41)50)34-26-28-35(29-27-34)51-53-46-23-11-12-24-48(46)54(51)47-25-13-15-33-14-3-4-16-37(33)47/h3-32H,1-2H3/i1D3,2D3. The van der Waals surface area contributed by atoms with Crippen LogP contribution in [0.15, 0.2) is 182 Å². The molecule has 54 heavy (non-hydrogen) atoms. The zero-order chi connectivity index (χ0) is 41.0. The molecule has 0 N–H and O–H groups in total. The summed E-state index contributed by atoms with van der Waals surface area (Å²) in [5.74, 6) is 0.855. The number of hydrogen-bond acceptors (Lipinski definition) is 1. The van der Waals surface area contributed by atoms with Crippen molar-refractivity contribution in [3.8, 4) is 50.5 Å². The first-order valence-corrected chi connectivity index (χ1v) is 18.3. The summed E-state index contributed by atoms with van der Waals surface area (Å²) in [4.78, 5) is 5.18. The zero-order valence-electron chi connectivity index (χ0n) is 35.2. The van der Waals surface area contributed by atoms with Crippen molar-refractivity contribution in [2.75, 3.05) is 0 Å². The lowest BCUT2D eigenvalue weighted by Gasteiger charge is -2.23. The quantitative estimate of drug-likeness (QED) is 0.168. The maximum absolute atomic E-state index is 8.81. The Kier molecular flexibility index (Phi) is 5.43. The minimum Gasteiger partial charge on any atom is -0.292 e. The van der Waals surface area contributed by atoms with Crippen molar-refractivity contribution in [1.82, 2.24) is 9.55 Å². The minimum atomic E-state index is -2.85. The van der Waals surface area contributed by atoms with Gasteiger partial charge in [0, 0.05) is 24.6 Å². The molecular formula is C52H36N2. The van der Waals surface area contributed by atoms with Crippen molar-refractivity contribution in [3.05, 3.63) is 193 Å². The van der Waals surface area contributed by atoms with E-state index >= 15 is 0 Å². The second kappa shape index (κ2) is 11.6. The number of hydrogen-bond donors (Lipinski definition) is 0. The molecule has 0 unspecified atom stereocenters. The Morgan fingerprint density at radius 2 is 1.02 bits per heavy atom. The van der Waals surface area contributed by atoms with Crippen LogP contribution < -0.4 is 0 Å². The maximum atomic E-state index is 8.81. The van der Waals surface area contributed by atoms with Crippen LogP contribution in [0.5, 0.6) is 0 Å². The molecule has 0 fully saturated rings. The highest BCUT2D eigenvalue weighted by Crippen LogP contribution is 2.51. The van der Waals surface area contributed by atoms with Crippen molar-refractivity contribution >= 4 is 43.4 Å². The fourth-order valence-electron chi connectivity index (χ4n) is 8.84. The third-order valence-corrected chi connectivity index (χ3v) is 11.3. The van der Waals surface area contributed by atoms with E-state index in [4.69, 9.17) is 13.2 Å². The van der Waals surface area contributed by atoms with Gasteiger partial charge in [0.1, 0.15) is 5.82 Å². The molecule has 10 aromatic rings. The summed E-state index contributed by atoms with van der Waals surface area (Å²) >= 11 is 0. The molecule has 254 valence electrons. The number of imidazole rings is 1. The van der Waals surface area contributed by atoms with Gasteiger partial charge in [-0.3, -0.25) is 4.57 Å². The van der Waals surface area contributed by atoms with Crippen LogP contribution in [-0.2, 0) is 5.41 Å². The van der Waals surface area contributed by atoms with E-state index in [1.807, 2.05) is 60.7 Å². The third-order valence-electron chi connectivity index (χ3n) is 11.3. The molecule has 0 atom stereocenters. The van der Waals surface area contributed by atoms with Gasteiger partial charge >= 0.3 is 0 Å². The molecule has 0 radical (unpaired) electrons. The monoisotopic (exact) mass is 694 g/mol.